The van der Waals surface area contributed by atoms with Gasteiger partial charge < -0.3 is 15.8 Å². The lowest BCUT2D eigenvalue weighted by Gasteiger charge is -2.18. The van der Waals surface area contributed by atoms with Crippen molar-refractivity contribution < 1.29 is 14.3 Å². The van der Waals surface area contributed by atoms with Crippen molar-refractivity contribution in [2.75, 3.05) is 17.7 Å². The number of thiophene rings is 1. The molecule has 3 heterocycles. The minimum atomic E-state index is -0.486. The Hall–Kier alpha value is -1.98. The third-order valence-corrected chi connectivity index (χ3v) is 7.37. The number of hydrogen-bond donors (Lipinski definition) is 2. The van der Waals surface area contributed by atoms with E-state index in [4.69, 9.17) is 10.5 Å². The molecule has 2 aliphatic rings. The van der Waals surface area contributed by atoms with Crippen molar-refractivity contribution in [1.29, 1.82) is 0 Å². The van der Waals surface area contributed by atoms with Gasteiger partial charge in [-0.05, 0) is 54.0 Å². The van der Waals surface area contributed by atoms with Crippen molar-refractivity contribution in [3.05, 3.63) is 16.0 Å². The number of fused-ring (bicyclic) bond motifs is 1. The summed E-state index contributed by atoms with van der Waals surface area (Å²) in [6, 6.07) is 0. The van der Waals surface area contributed by atoms with Crippen molar-refractivity contribution in [2.24, 2.45) is 11.7 Å². The van der Waals surface area contributed by atoms with Crippen LogP contribution >= 0.6 is 23.1 Å². The summed E-state index contributed by atoms with van der Waals surface area (Å²) in [7, 11) is 0. The van der Waals surface area contributed by atoms with Gasteiger partial charge in [0.25, 0.3) is 5.91 Å². The molecule has 4 rings (SSSR count). The predicted molar refractivity (Wildman–Crippen MR) is 110 cm³/mol. The van der Waals surface area contributed by atoms with Crippen LogP contribution in [-0.4, -0.2) is 50.5 Å². The van der Waals surface area contributed by atoms with E-state index in [9.17, 15) is 9.59 Å². The first-order chi connectivity index (χ1) is 14.0. The highest BCUT2D eigenvalue weighted by Gasteiger charge is 2.27. The average molecular weight is 437 g/mol. The first-order valence-electron chi connectivity index (χ1n) is 9.76. The number of thioether (sulfide) groups is 1. The maximum Gasteiger partial charge on any atom is 0.251 e. The first-order valence-corrected chi connectivity index (χ1v) is 11.6. The number of ether oxygens (including phenoxy) is 1. The topological polar surface area (TPSA) is 125 Å². The summed E-state index contributed by atoms with van der Waals surface area (Å²) in [5.74, 6) is 0.0169. The Morgan fingerprint density at radius 3 is 3.03 bits per heavy atom. The lowest BCUT2D eigenvalue weighted by molar-refractivity contribution is -0.113. The number of anilines is 1. The molecule has 1 saturated heterocycles. The Balaban J connectivity index is 1.39. The van der Waals surface area contributed by atoms with Crippen LogP contribution in [0.5, 0.6) is 0 Å². The number of primary amides is 1. The number of nitrogens with zero attached hydrogens (tertiary/aromatic N) is 4. The maximum absolute atomic E-state index is 12.5. The molecule has 0 spiro atoms. The lowest BCUT2D eigenvalue weighted by atomic mass is 9.88. The fraction of sp³-hybridized carbons (Fsp3) is 0.611. The van der Waals surface area contributed by atoms with E-state index in [0.29, 0.717) is 28.2 Å². The number of hydrogen-bond acceptors (Lipinski definition) is 8. The SMILES string of the molecule is CC1CCc2c(sc(NC(=O)CSc3nnnn3CC3CCCO3)c2C(N)=O)C1. The standard InChI is InChI=1S/C18H24N6O3S2/c1-10-4-5-12-13(7-10)29-17(15(12)16(19)26)20-14(25)9-28-18-21-22-23-24(18)8-11-3-2-6-27-11/h10-11H,2-9H2,1H3,(H2,19,26)(H,20,25). The van der Waals surface area contributed by atoms with Gasteiger partial charge in [0.1, 0.15) is 5.00 Å². The maximum atomic E-state index is 12.5. The van der Waals surface area contributed by atoms with Crippen LogP contribution in [0.25, 0.3) is 0 Å². The molecule has 29 heavy (non-hydrogen) atoms. The fourth-order valence-corrected chi connectivity index (χ4v) is 5.91. The molecule has 2 unspecified atom stereocenters. The number of carbonyl (C=O) groups is 2. The van der Waals surface area contributed by atoms with Crippen LogP contribution in [0.4, 0.5) is 5.00 Å². The number of carbonyl (C=O) groups excluding carboxylic acids is 2. The molecule has 3 N–H and O–H groups in total. The number of nitrogens with one attached hydrogen (secondary N) is 1. The molecule has 0 radical (unpaired) electrons. The van der Waals surface area contributed by atoms with E-state index in [1.807, 2.05) is 0 Å². The summed E-state index contributed by atoms with van der Waals surface area (Å²) < 4.78 is 7.30. The van der Waals surface area contributed by atoms with E-state index >= 15 is 0 Å². The molecule has 1 aliphatic heterocycles. The molecule has 0 aromatic carbocycles. The Morgan fingerprint density at radius 1 is 1.41 bits per heavy atom. The van der Waals surface area contributed by atoms with Gasteiger partial charge in [-0.2, -0.15) is 0 Å². The molecule has 156 valence electrons. The molecule has 1 fully saturated rings. The quantitative estimate of drug-likeness (QED) is 0.635. The molecule has 2 aromatic rings. The summed E-state index contributed by atoms with van der Waals surface area (Å²) in [6.45, 7) is 3.55. The Labute approximate surface area is 176 Å². The van der Waals surface area contributed by atoms with Crippen LogP contribution < -0.4 is 11.1 Å². The third kappa shape index (κ3) is 4.62. The van der Waals surface area contributed by atoms with E-state index in [2.05, 4.69) is 27.8 Å². The molecular formula is C18H24N6O3S2. The number of nitrogens with two attached hydrogens (primary N) is 1. The Bertz CT molecular complexity index is 906. The van der Waals surface area contributed by atoms with Gasteiger partial charge in [-0.1, -0.05) is 18.7 Å². The van der Waals surface area contributed by atoms with E-state index in [-0.39, 0.29) is 17.8 Å². The second-order valence-electron chi connectivity index (χ2n) is 7.54. The van der Waals surface area contributed by atoms with Gasteiger partial charge in [-0.15, -0.1) is 16.4 Å². The highest BCUT2D eigenvalue weighted by Crippen LogP contribution is 2.39. The second kappa shape index (κ2) is 8.80. The molecule has 0 bridgehead atoms. The number of tetrazole rings is 1. The Morgan fingerprint density at radius 2 is 2.28 bits per heavy atom. The molecule has 2 atom stereocenters. The molecular weight excluding hydrogens is 412 g/mol. The van der Waals surface area contributed by atoms with Crippen LogP contribution in [0.15, 0.2) is 5.16 Å². The number of rotatable bonds is 7. The number of amides is 2. The average Bonchev–Trinajstić information content (AvgIpc) is 3.40. The van der Waals surface area contributed by atoms with Crippen LogP contribution in [0.1, 0.15) is 47.0 Å². The molecule has 2 amide bonds. The predicted octanol–water partition coefficient (Wildman–Crippen LogP) is 1.87. The zero-order valence-electron chi connectivity index (χ0n) is 16.2. The first kappa shape index (κ1) is 20.3. The van der Waals surface area contributed by atoms with Crippen molar-refractivity contribution in [3.63, 3.8) is 0 Å². The molecule has 0 saturated carbocycles. The van der Waals surface area contributed by atoms with E-state index in [1.165, 1.54) is 23.1 Å². The summed E-state index contributed by atoms with van der Waals surface area (Å²) in [5, 5.41) is 15.7. The van der Waals surface area contributed by atoms with E-state index < -0.39 is 5.91 Å². The van der Waals surface area contributed by atoms with Crippen LogP contribution in [0.3, 0.4) is 0 Å². The minimum Gasteiger partial charge on any atom is -0.376 e. The van der Waals surface area contributed by atoms with Gasteiger partial charge in [-0.25, -0.2) is 4.68 Å². The van der Waals surface area contributed by atoms with Gasteiger partial charge in [0.15, 0.2) is 0 Å². The van der Waals surface area contributed by atoms with E-state index in [1.54, 1.807) is 4.68 Å². The van der Waals surface area contributed by atoms with Crippen LogP contribution in [0.2, 0.25) is 0 Å². The van der Waals surface area contributed by atoms with Gasteiger partial charge in [0.05, 0.1) is 24.0 Å². The Kier molecular flexibility index (Phi) is 6.16. The molecule has 1 aliphatic carbocycles. The van der Waals surface area contributed by atoms with Gasteiger partial charge in [0.2, 0.25) is 11.1 Å². The molecule has 9 nitrogen and oxygen atoms in total. The summed E-state index contributed by atoms with van der Waals surface area (Å²) in [4.78, 5) is 25.7. The third-order valence-electron chi connectivity index (χ3n) is 5.24. The normalized spacial score (nSPS) is 21.1. The summed E-state index contributed by atoms with van der Waals surface area (Å²) in [5.41, 5.74) is 7.09. The van der Waals surface area contributed by atoms with E-state index in [0.717, 1.165) is 49.2 Å². The summed E-state index contributed by atoms with van der Waals surface area (Å²) in [6.07, 6.45) is 4.92. The van der Waals surface area contributed by atoms with Crippen molar-refractivity contribution in [1.82, 2.24) is 20.2 Å². The minimum absolute atomic E-state index is 0.115. The van der Waals surface area contributed by atoms with Crippen LogP contribution in [-0.2, 0) is 28.9 Å². The number of aromatic nitrogens is 4. The largest absolute Gasteiger partial charge is 0.376 e. The highest BCUT2D eigenvalue weighted by molar-refractivity contribution is 7.99. The zero-order chi connectivity index (χ0) is 20.4. The monoisotopic (exact) mass is 436 g/mol. The van der Waals surface area contributed by atoms with Gasteiger partial charge in [-0.3, -0.25) is 9.59 Å². The van der Waals surface area contributed by atoms with Crippen LogP contribution in [0, 0.1) is 5.92 Å². The van der Waals surface area contributed by atoms with Gasteiger partial charge >= 0.3 is 0 Å². The second-order valence-corrected chi connectivity index (χ2v) is 9.58. The van der Waals surface area contributed by atoms with Gasteiger partial charge in [0, 0.05) is 11.5 Å². The van der Waals surface area contributed by atoms with Crippen molar-refractivity contribution >= 4 is 39.9 Å². The smallest absolute Gasteiger partial charge is 0.251 e. The molecule has 11 heteroatoms. The fourth-order valence-electron chi connectivity index (χ4n) is 3.79. The van der Waals surface area contributed by atoms with Crippen molar-refractivity contribution in [2.45, 2.75) is 56.8 Å². The zero-order valence-corrected chi connectivity index (χ0v) is 17.9. The van der Waals surface area contributed by atoms with Crippen molar-refractivity contribution in [3.8, 4) is 0 Å². The summed E-state index contributed by atoms with van der Waals surface area (Å²) >= 11 is 2.73. The molecule has 2 aromatic heterocycles. The highest BCUT2D eigenvalue weighted by atomic mass is 32.2. The lowest BCUT2D eigenvalue weighted by Crippen LogP contribution is -2.20.